The molecule has 4 rings (SSSR count). The minimum absolute atomic E-state index is 0.826. The molecule has 1 saturated heterocycles. The molecule has 0 bridgehead atoms. The van der Waals surface area contributed by atoms with E-state index in [1.54, 1.807) is 0 Å². The van der Waals surface area contributed by atoms with Crippen molar-refractivity contribution >= 4 is 17.3 Å². The maximum Gasteiger partial charge on any atom is 0.225 e. The van der Waals surface area contributed by atoms with Crippen LogP contribution in [-0.4, -0.2) is 50.8 Å². The van der Waals surface area contributed by atoms with E-state index in [0.717, 1.165) is 61.9 Å². The molecule has 0 unspecified atom stereocenters. The van der Waals surface area contributed by atoms with Crippen LogP contribution in [0.25, 0.3) is 11.3 Å². The molecule has 3 aromatic heterocycles. The molecule has 6 nitrogen and oxygen atoms in total. The zero-order valence-electron chi connectivity index (χ0n) is 15.3. The van der Waals surface area contributed by atoms with E-state index in [0.29, 0.717) is 0 Å². The first-order chi connectivity index (χ1) is 12.7. The molecular formula is C19H24N6S. The lowest BCUT2D eigenvalue weighted by Gasteiger charge is -2.22. The number of hydrogen-bond donors (Lipinski definition) is 0. The van der Waals surface area contributed by atoms with Crippen LogP contribution >= 0.6 is 11.3 Å². The van der Waals surface area contributed by atoms with Gasteiger partial charge in [0.15, 0.2) is 0 Å². The predicted molar refractivity (Wildman–Crippen MR) is 105 cm³/mol. The van der Waals surface area contributed by atoms with Gasteiger partial charge in [0.2, 0.25) is 5.95 Å². The first-order valence-electron chi connectivity index (χ1n) is 9.01. The predicted octanol–water partition coefficient (Wildman–Crippen LogP) is 2.96. The van der Waals surface area contributed by atoms with Crippen molar-refractivity contribution in [3.05, 3.63) is 46.5 Å². The van der Waals surface area contributed by atoms with Crippen LogP contribution in [0.1, 0.15) is 16.9 Å². The molecule has 0 atom stereocenters. The molecule has 0 aliphatic carbocycles. The fraction of sp³-hybridized carbons (Fsp3) is 0.421. The summed E-state index contributed by atoms with van der Waals surface area (Å²) in [6, 6.07) is 4.35. The van der Waals surface area contributed by atoms with Gasteiger partial charge in [-0.1, -0.05) is 6.07 Å². The van der Waals surface area contributed by atoms with Crippen LogP contribution in [0.4, 0.5) is 5.95 Å². The molecule has 0 N–H and O–H groups in total. The van der Waals surface area contributed by atoms with Crippen molar-refractivity contribution in [2.75, 3.05) is 31.1 Å². The smallest absolute Gasteiger partial charge is 0.225 e. The van der Waals surface area contributed by atoms with Gasteiger partial charge in [0.05, 0.1) is 11.9 Å². The van der Waals surface area contributed by atoms with Gasteiger partial charge >= 0.3 is 0 Å². The highest BCUT2D eigenvalue weighted by Gasteiger charge is 2.19. The maximum absolute atomic E-state index is 4.87. The average Bonchev–Trinajstić information content (AvgIpc) is 3.24. The minimum atomic E-state index is 0.826. The molecule has 136 valence electrons. The van der Waals surface area contributed by atoms with Crippen LogP contribution in [0.5, 0.6) is 0 Å². The van der Waals surface area contributed by atoms with Crippen molar-refractivity contribution in [1.29, 1.82) is 0 Å². The largest absolute Gasteiger partial charge is 0.339 e. The first kappa shape index (κ1) is 17.2. The monoisotopic (exact) mass is 368 g/mol. The molecule has 0 spiro atoms. The summed E-state index contributed by atoms with van der Waals surface area (Å²) < 4.78 is 1.81. The highest BCUT2D eigenvalue weighted by atomic mass is 32.1. The summed E-state index contributed by atoms with van der Waals surface area (Å²) in [4.78, 5) is 15.8. The highest BCUT2D eigenvalue weighted by molar-refractivity contribution is 7.09. The van der Waals surface area contributed by atoms with Gasteiger partial charge < -0.3 is 4.90 Å². The molecule has 0 radical (unpaired) electrons. The molecule has 0 amide bonds. The summed E-state index contributed by atoms with van der Waals surface area (Å²) in [5.41, 5.74) is 3.10. The van der Waals surface area contributed by atoms with Crippen molar-refractivity contribution in [3.8, 4) is 11.3 Å². The van der Waals surface area contributed by atoms with Crippen LogP contribution < -0.4 is 4.90 Å². The molecule has 1 fully saturated rings. The van der Waals surface area contributed by atoms with Crippen molar-refractivity contribution in [1.82, 2.24) is 24.6 Å². The summed E-state index contributed by atoms with van der Waals surface area (Å²) in [6.07, 6.45) is 6.93. The zero-order chi connectivity index (χ0) is 17.9. The third kappa shape index (κ3) is 3.78. The van der Waals surface area contributed by atoms with Crippen LogP contribution in [0, 0.1) is 6.92 Å². The van der Waals surface area contributed by atoms with Gasteiger partial charge in [-0.15, -0.1) is 11.3 Å². The van der Waals surface area contributed by atoms with E-state index in [9.17, 15) is 0 Å². The van der Waals surface area contributed by atoms with Crippen molar-refractivity contribution in [2.24, 2.45) is 7.05 Å². The first-order valence-corrected chi connectivity index (χ1v) is 9.89. The Balaban J connectivity index is 1.49. The third-order valence-electron chi connectivity index (χ3n) is 4.77. The van der Waals surface area contributed by atoms with Crippen molar-refractivity contribution in [3.63, 3.8) is 0 Å². The highest BCUT2D eigenvalue weighted by Crippen LogP contribution is 2.23. The number of aryl methyl sites for hydroxylation is 2. The van der Waals surface area contributed by atoms with E-state index in [-0.39, 0.29) is 0 Å². The molecule has 3 aromatic rings. The van der Waals surface area contributed by atoms with Gasteiger partial charge in [0, 0.05) is 62.6 Å². The maximum atomic E-state index is 4.87. The molecule has 0 saturated carbocycles. The topological polar surface area (TPSA) is 50.1 Å². The molecule has 26 heavy (non-hydrogen) atoms. The van der Waals surface area contributed by atoms with Crippen molar-refractivity contribution in [2.45, 2.75) is 19.9 Å². The SMILES string of the molecule is Cc1cnc(N2CCCN(Cc3cccs3)CC2)nc1-c1cnn(C)c1. The van der Waals surface area contributed by atoms with Gasteiger partial charge in [-0.2, -0.15) is 5.10 Å². The molecule has 4 heterocycles. The van der Waals surface area contributed by atoms with Crippen LogP contribution in [0.3, 0.4) is 0 Å². The Morgan fingerprint density at radius 1 is 1.15 bits per heavy atom. The summed E-state index contributed by atoms with van der Waals surface area (Å²) in [5, 5.41) is 6.43. The van der Waals surface area contributed by atoms with Gasteiger partial charge in [-0.25, -0.2) is 9.97 Å². The van der Waals surface area contributed by atoms with E-state index in [2.05, 4.69) is 44.3 Å². The molecule has 1 aliphatic rings. The van der Waals surface area contributed by atoms with E-state index < -0.39 is 0 Å². The Morgan fingerprint density at radius 2 is 2.08 bits per heavy atom. The Kier molecular flexibility index (Phi) is 4.99. The summed E-state index contributed by atoms with van der Waals surface area (Å²) in [6.45, 7) is 7.21. The third-order valence-corrected chi connectivity index (χ3v) is 5.63. The quantitative estimate of drug-likeness (QED) is 0.709. The van der Waals surface area contributed by atoms with E-state index in [4.69, 9.17) is 4.98 Å². The second kappa shape index (κ2) is 7.55. The summed E-state index contributed by atoms with van der Waals surface area (Å²) in [5.74, 6) is 0.826. The average molecular weight is 369 g/mol. The Hall–Kier alpha value is -2.25. The Labute approximate surface area is 158 Å². The molecule has 7 heteroatoms. The van der Waals surface area contributed by atoms with E-state index in [1.807, 2.05) is 41.7 Å². The molecule has 0 aromatic carbocycles. The molecule has 1 aliphatic heterocycles. The summed E-state index contributed by atoms with van der Waals surface area (Å²) in [7, 11) is 1.93. The lowest BCUT2D eigenvalue weighted by atomic mass is 10.1. The standard InChI is InChI=1S/C19H24N6S/c1-15-11-20-19(22-18(15)16-12-21-23(2)13-16)25-7-4-6-24(8-9-25)14-17-5-3-10-26-17/h3,5,10-13H,4,6-9,14H2,1-2H3. The normalized spacial score (nSPS) is 16.0. The number of thiophene rings is 1. The zero-order valence-corrected chi connectivity index (χ0v) is 16.1. The van der Waals surface area contributed by atoms with Gasteiger partial charge in [-0.3, -0.25) is 9.58 Å². The van der Waals surface area contributed by atoms with Crippen molar-refractivity contribution < 1.29 is 0 Å². The fourth-order valence-corrected chi connectivity index (χ4v) is 4.12. The van der Waals surface area contributed by atoms with Gasteiger partial charge in [0.25, 0.3) is 0 Å². The number of rotatable bonds is 4. The lowest BCUT2D eigenvalue weighted by molar-refractivity contribution is 0.288. The second-order valence-corrected chi connectivity index (χ2v) is 7.83. The fourth-order valence-electron chi connectivity index (χ4n) is 3.37. The van der Waals surface area contributed by atoms with Crippen LogP contribution in [0.15, 0.2) is 36.1 Å². The molecular weight excluding hydrogens is 344 g/mol. The van der Waals surface area contributed by atoms with Crippen LogP contribution in [-0.2, 0) is 13.6 Å². The van der Waals surface area contributed by atoms with Crippen LogP contribution in [0.2, 0.25) is 0 Å². The van der Waals surface area contributed by atoms with E-state index in [1.165, 1.54) is 4.88 Å². The van der Waals surface area contributed by atoms with E-state index >= 15 is 0 Å². The number of anilines is 1. The number of hydrogen-bond acceptors (Lipinski definition) is 6. The number of nitrogens with zero attached hydrogens (tertiary/aromatic N) is 6. The Morgan fingerprint density at radius 3 is 2.85 bits per heavy atom. The summed E-state index contributed by atoms with van der Waals surface area (Å²) >= 11 is 1.84. The Bertz CT molecular complexity index is 857. The second-order valence-electron chi connectivity index (χ2n) is 6.80. The van der Waals surface area contributed by atoms with Gasteiger partial charge in [0.1, 0.15) is 0 Å². The van der Waals surface area contributed by atoms with Gasteiger partial charge in [-0.05, 0) is 30.4 Å². The minimum Gasteiger partial charge on any atom is -0.339 e. The number of aromatic nitrogens is 4. The lowest BCUT2D eigenvalue weighted by Crippen LogP contribution is -2.31.